The number of carbonyl (C=O) groups excluding carboxylic acids is 1. The third kappa shape index (κ3) is 10.6. The smallest absolute Gasteiger partial charge is 0.330 e. The first kappa shape index (κ1) is 18.0. The molecule has 0 bridgehead atoms. The average Bonchev–Trinajstić information content (AvgIpc) is 2.20. The van der Waals surface area contributed by atoms with E-state index in [-0.39, 0.29) is 13.2 Å². The van der Waals surface area contributed by atoms with E-state index in [2.05, 4.69) is 6.58 Å². The van der Waals surface area contributed by atoms with Crippen LogP contribution >= 0.6 is 0 Å². The highest BCUT2D eigenvalue weighted by atomic mass is 32.2. The molecule has 0 spiro atoms. The van der Waals surface area contributed by atoms with Crippen LogP contribution in [0.5, 0.6) is 0 Å². The van der Waals surface area contributed by atoms with E-state index in [4.69, 9.17) is 9.29 Å². The first-order chi connectivity index (χ1) is 8.56. The number of quaternary nitrogens is 1. The Labute approximate surface area is 113 Å². The zero-order chi connectivity index (χ0) is 15.1. The molecule has 0 heterocycles. The molecule has 19 heavy (non-hydrogen) atoms. The average molecular weight is 296 g/mol. The molecular weight excluding hydrogens is 274 g/mol. The lowest BCUT2D eigenvalue weighted by molar-refractivity contribution is -0.893. The summed E-state index contributed by atoms with van der Waals surface area (Å²) in [6.07, 6.45) is 0.516. The number of hydrogen-bond donors (Lipinski definition) is 2. The summed E-state index contributed by atoms with van der Waals surface area (Å²) in [6.45, 7) is 4.27. The van der Waals surface area contributed by atoms with E-state index in [1.807, 2.05) is 14.1 Å². The maximum atomic E-state index is 10.8. The molecular formula is C11H22NO6S+. The van der Waals surface area contributed by atoms with Gasteiger partial charge in [0.1, 0.15) is 18.4 Å². The largest absolute Gasteiger partial charge is 0.462 e. The first-order valence-corrected chi connectivity index (χ1v) is 7.41. The number of esters is 1. The minimum absolute atomic E-state index is 0.176. The molecule has 0 rings (SSSR count). The van der Waals surface area contributed by atoms with Gasteiger partial charge in [-0.25, -0.2) is 4.79 Å². The predicted molar refractivity (Wildman–Crippen MR) is 70.0 cm³/mol. The fraction of sp³-hybridized carbons (Fsp3) is 0.727. The third-order valence-corrected chi connectivity index (χ3v) is 3.23. The van der Waals surface area contributed by atoms with Crippen LogP contribution in [-0.2, 0) is 19.6 Å². The Kier molecular flexibility index (Phi) is 7.20. The van der Waals surface area contributed by atoms with Gasteiger partial charge in [-0.15, -0.1) is 0 Å². The highest BCUT2D eigenvalue weighted by molar-refractivity contribution is 7.85. The summed E-state index contributed by atoms with van der Waals surface area (Å²) in [5, 5.41) is 9.55. The summed E-state index contributed by atoms with van der Waals surface area (Å²) in [7, 11) is -0.560. The normalized spacial score (nSPS) is 13.9. The number of nitrogens with zero attached hydrogens (tertiary/aromatic N) is 1. The SMILES string of the molecule is C=CC(=O)OCCC[N+](C)(C)CC(O)CS(=O)(=O)O. The number of rotatable bonds is 9. The molecule has 1 unspecified atom stereocenters. The molecule has 0 fully saturated rings. The van der Waals surface area contributed by atoms with Gasteiger partial charge in [0.2, 0.25) is 0 Å². The van der Waals surface area contributed by atoms with E-state index < -0.39 is 27.9 Å². The van der Waals surface area contributed by atoms with Crippen LogP contribution in [0.1, 0.15) is 6.42 Å². The Morgan fingerprint density at radius 1 is 1.47 bits per heavy atom. The Morgan fingerprint density at radius 3 is 2.53 bits per heavy atom. The highest BCUT2D eigenvalue weighted by Crippen LogP contribution is 2.04. The molecule has 112 valence electrons. The summed E-state index contributed by atoms with van der Waals surface area (Å²) in [5.41, 5.74) is 0. The summed E-state index contributed by atoms with van der Waals surface area (Å²) >= 11 is 0. The molecule has 0 aromatic carbocycles. The molecule has 8 heteroatoms. The molecule has 0 radical (unpaired) electrons. The van der Waals surface area contributed by atoms with Crippen molar-refractivity contribution in [3.63, 3.8) is 0 Å². The van der Waals surface area contributed by atoms with Crippen LogP contribution in [0.3, 0.4) is 0 Å². The van der Waals surface area contributed by atoms with Crippen molar-refractivity contribution in [1.29, 1.82) is 0 Å². The molecule has 2 N–H and O–H groups in total. The van der Waals surface area contributed by atoms with E-state index >= 15 is 0 Å². The lowest BCUT2D eigenvalue weighted by Gasteiger charge is -2.31. The van der Waals surface area contributed by atoms with E-state index in [1.54, 1.807) is 0 Å². The van der Waals surface area contributed by atoms with Crippen molar-refractivity contribution in [2.24, 2.45) is 0 Å². The van der Waals surface area contributed by atoms with Crippen molar-refractivity contribution in [3.8, 4) is 0 Å². The Morgan fingerprint density at radius 2 is 2.05 bits per heavy atom. The second-order valence-electron chi connectivity index (χ2n) is 4.97. The van der Waals surface area contributed by atoms with Gasteiger partial charge in [-0.05, 0) is 0 Å². The van der Waals surface area contributed by atoms with Gasteiger partial charge in [0.15, 0.2) is 0 Å². The Hall–Kier alpha value is -0.960. The van der Waals surface area contributed by atoms with Gasteiger partial charge in [0.05, 0.1) is 27.2 Å². The van der Waals surface area contributed by atoms with E-state index in [1.165, 1.54) is 0 Å². The van der Waals surface area contributed by atoms with Crippen molar-refractivity contribution in [3.05, 3.63) is 12.7 Å². The topological polar surface area (TPSA) is 101 Å². The standard InChI is InChI=1S/C11H21NO6S/c1-4-11(14)18-7-5-6-12(2,3)8-10(13)9-19(15,16)17/h4,10,13H,1,5-9H2,2-3H3/p+1. The third-order valence-electron chi connectivity index (χ3n) is 2.43. The first-order valence-electron chi connectivity index (χ1n) is 5.80. The molecule has 0 saturated heterocycles. The quantitative estimate of drug-likeness (QED) is 0.194. The summed E-state index contributed by atoms with van der Waals surface area (Å²) in [5.74, 6) is -1.17. The molecule has 0 aliphatic rings. The van der Waals surface area contributed by atoms with Gasteiger partial charge in [-0.1, -0.05) is 6.58 Å². The minimum Gasteiger partial charge on any atom is -0.462 e. The Bertz CT molecular complexity index is 403. The van der Waals surface area contributed by atoms with Gasteiger partial charge in [0.25, 0.3) is 10.1 Å². The minimum atomic E-state index is -4.18. The molecule has 7 nitrogen and oxygen atoms in total. The lowest BCUT2D eigenvalue weighted by Crippen LogP contribution is -2.47. The van der Waals surface area contributed by atoms with Crippen LogP contribution in [0.4, 0.5) is 0 Å². The zero-order valence-corrected chi connectivity index (χ0v) is 12.1. The predicted octanol–water partition coefficient (Wildman–Crippen LogP) is -0.569. The van der Waals surface area contributed by atoms with Crippen molar-refractivity contribution in [2.75, 3.05) is 39.5 Å². The van der Waals surface area contributed by atoms with Crippen LogP contribution in [0, 0.1) is 0 Å². The van der Waals surface area contributed by atoms with E-state index in [9.17, 15) is 18.3 Å². The van der Waals surface area contributed by atoms with Gasteiger partial charge < -0.3 is 14.3 Å². The Balaban J connectivity index is 4.04. The number of carbonyl (C=O) groups is 1. The molecule has 0 aliphatic heterocycles. The molecule has 0 amide bonds. The number of aliphatic hydroxyl groups excluding tert-OH is 1. The molecule has 0 aromatic heterocycles. The van der Waals surface area contributed by atoms with Crippen molar-refractivity contribution >= 4 is 16.1 Å². The monoisotopic (exact) mass is 296 g/mol. The van der Waals surface area contributed by atoms with Crippen molar-refractivity contribution in [1.82, 2.24) is 0 Å². The van der Waals surface area contributed by atoms with Crippen molar-refractivity contribution < 1.29 is 32.1 Å². The fourth-order valence-electron chi connectivity index (χ4n) is 1.68. The van der Waals surface area contributed by atoms with E-state index in [0.717, 1.165) is 6.08 Å². The number of likely N-dealkylation sites (N-methyl/N-ethyl adjacent to an activating group) is 1. The van der Waals surface area contributed by atoms with E-state index in [0.29, 0.717) is 17.4 Å². The summed E-state index contributed by atoms with van der Waals surface area (Å²) in [4.78, 5) is 10.8. The number of aliphatic hydroxyl groups is 1. The fourth-order valence-corrected chi connectivity index (χ4v) is 2.27. The van der Waals surface area contributed by atoms with Gasteiger partial charge >= 0.3 is 5.97 Å². The second-order valence-corrected chi connectivity index (χ2v) is 6.47. The van der Waals surface area contributed by atoms with Crippen LogP contribution in [-0.4, -0.2) is 74.2 Å². The molecule has 1 atom stereocenters. The molecule has 0 aromatic rings. The van der Waals surface area contributed by atoms with Gasteiger partial charge in [0, 0.05) is 12.5 Å². The molecule has 0 aliphatic carbocycles. The number of ether oxygens (including phenoxy) is 1. The number of hydrogen-bond acceptors (Lipinski definition) is 5. The van der Waals surface area contributed by atoms with Crippen LogP contribution in [0.25, 0.3) is 0 Å². The van der Waals surface area contributed by atoms with Crippen LogP contribution < -0.4 is 0 Å². The zero-order valence-electron chi connectivity index (χ0n) is 11.3. The summed E-state index contributed by atoms with van der Waals surface area (Å²) < 4.78 is 35.0. The van der Waals surface area contributed by atoms with Crippen LogP contribution in [0.2, 0.25) is 0 Å². The maximum absolute atomic E-state index is 10.8. The van der Waals surface area contributed by atoms with Gasteiger partial charge in [-0.3, -0.25) is 4.55 Å². The van der Waals surface area contributed by atoms with Crippen molar-refractivity contribution in [2.45, 2.75) is 12.5 Å². The molecule has 0 saturated carbocycles. The highest BCUT2D eigenvalue weighted by Gasteiger charge is 2.24. The van der Waals surface area contributed by atoms with Gasteiger partial charge in [-0.2, -0.15) is 8.42 Å². The van der Waals surface area contributed by atoms with Crippen LogP contribution in [0.15, 0.2) is 12.7 Å². The maximum Gasteiger partial charge on any atom is 0.330 e. The lowest BCUT2D eigenvalue weighted by atomic mass is 10.3. The second kappa shape index (κ2) is 7.59. The summed E-state index contributed by atoms with van der Waals surface area (Å²) in [6, 6.07) is 0.